The molecule has 3 rings (SSSR count). The first-order valence-electron chi connectivity index (χ1n) is 11.2. The van der Waals surface area contributed by atoms with Crippen molar-refractivity contribution in [2.45, 2.75) is 91.5 Å². The van der Waals surface area contributed by atoms with E-state index < -0.39 is 0 Å². The highest BCUT2D eigenvalue weighted by Gasteiger charge is 2.10. The third-order valence-corrected chi connectivity index (χ3v) is 5.91. The Bertz CT molecular complexity index is 796. The van der Waals surface area contributed by atoms with Gasteiger partial charge in [0, 0.05) is 28.4 Å². The fourth-order valence-electron chi connectivity index (χ4n) is 4.31. The third kappa shape index (κ3) is 5.15. The lowest BCUT2D eigenvalue weighted by molar-refractivity contribution is 0.541. The number of hydrogen-bond donors (Lipinski definition) is 0. The lowest BCUT2D eigenvalue weighted by atomic mass is 10.1. The van der Waals surface area contributed by atoms with Crippen LogP contribution in [-0.4, -0.2) is 4.57 Å². The first kappa shape index (κ1) is 20.0. The Labute approximate surface area is 165 Å². The number of unbranched alkanes of at least 4 members (excludes halogenated alkanes) is 9. The van der Waals surface area contributed by atoms with Crippen molar-refractivity contribution in [2.24, 2.45) is 0 Å². The molecule has 146 valence electrons. The van der Waals surface area contributed by atoms with Crippen LogP contribution in [0.25, 0.3) is 21.8 Å². The molecule has 0 saturated carbocycles. The van der Waals surface area contributed by atoms with Crippen LogP contribution in [-0.2, 0) is 6.54 Å². The summed E-state index contributed by atoms with van der Waals surface area (Å²) in [7, 11) is 0. The van der Waals surface area contributed by atoms with Crippen LogP contribution < -0.4 is 0 Å². The van der Waals surface area contributed by atoms with E-state index >= 15 is 0 Å². The molecule has 0 N–H and O–H groups in total. The molecule has 0 spiro atoms. The number of fused-ring (bicyclic) bond motifs is 3. The standard InChI is InChI=1S/C26H37N/c1-4-5-6-7-8-9-10-11-12-13-18-27-25-19-21(2)14-16-23(25)24-17-15-22(3)20-26(24)27/h14-17,19-20H,4-13,18H2,1-3H3. The van der Waals surface area contributed by atoms with Crippen molar-refractivity contribution in [1.82, 2.24) is 4.57 Å². The highest BCUT2D eigenvalue weighted by atomic mass is 15.0. The molecule has 0 bridgehead atoms. The number of aryl methyl sites for hydroxylation is 3. The molecule has 0 radical (unpaired) electrons. The van der Waals surface area contributed by atoms with Crippen LogP contribution in [0.5, 0.6) is 0 Å². The highest BCUT2D eigenvalue weighted by molar-refractivity contribution is 6.08. The Morgan fingerprint density at radius 1 is 0.593 bits per heavy atom. The van der Waals surface area contributed by atoms with Gasteiger partial charge in [0.15, 0.2) is 0 Å². The van der Waals surface area contributed by atoms with Crippen molar-refractivity contribution in [3.8, 4) is 0 Å². The normalized spacial score (nSPS) is 11.7. The molecule has 0 amide bonds. The fraction of sp³-hybridized carbons (Fsp3) is 0.538. The van der Waals surface area contributed by atoms with Crippen molar-refractivity contribution < 1.29 is 0 Å². The number of rotatable bonds is 11. The van der Waals surface area contributed by atoms with Gasteiger partial charge in [-0.05, 0) is 43.5 Å². The molecule has 3 aromatic rings. The second-order valence-corrected chi connectivity index (χ2v) is 8.37. The Morgan fingerprint density at radius 3 is 1.52 bits per heavy atom. The number of aromatic nitrogens is 1. The van der Waals surface area contributed by atoms with Crippen LogP contribution >= 0.6 is 0 Å². The Balaban J connectivity index is 1.56. The van der Waals surface area contributed by atoms with Gasteiger partial charge < -0.3 is 4.57 Å². The molecule has 0 aliphatic heterocycles. The average Bonchev–Trinajstić information content (AvgIpc) is 2.95. The van der Waals surface area contributed by atoms with E-state index in [1.54, 1.807) is 0 Å². The number of benzene rings is 2. The smallest absolute Gasteiger partial charge is 0.0494 e. The zero-order chi connectivity index (χ0) is 19.1. The summed E-state index contributed by atoms with van der Waals surface area (Å²) in [6, 6.07) is 13.8. The quantitative estimate of drug-likeness (QED) is 0.302. The summed E-state index contributed by atoms with van der Waals surface area (Å²) in [5, 5.41) is 2.81. The van der Waals surface area contributed by atoms with Gasteiger partial charge in [-0.3, -0.25) is 0 Å². The first-order chi connectivity index (χ1) is 13.2. The molecule has 1 heteroatoms. The number of nitrogens with zero attached hydrogens (tertiary/aromatic N) is 1. The van der Waals surface area contributed by atoms with Crippen LogP contribution in [0, 0.1) is 13.8 Å². The molecule has 0 aliphatic rings. The second-order valence-electron chi connectivity index (χ2n) is 8.37. The van der Waals surface area contributed by atoms with Gasteiger partial charge >= 0.3 is 0 Å². The molecular weight excluding hydrogens is 326 g/mol. The summed E-state index contributed by atoms with van der Waals surface area (Å²) in [6.45, 7) is 7.84. The maximum Gasteiger partial charge on any atom is 0.0494 e. The average molecular weight is 364 g/mol. The minimum Gasteiger partial charge on any atom is -0.340 e. The lowest BCUT2D eigenvalue weighted by Gasteiger charge is -2.08. The lowest BCUT2D eigenvalue weighted by Crippen LogP contribution is -1.98. The van der Waals surface area contributed by atoms with Crippen LogP contribution in [0.3, 0.4) is 0 Å². The maximum absolute atomic E-state index is 2.56. The first-order valence-corrected chi connectivity index (χ1v) is 11.2. The van der Waals surface area contributed by atoms with E-state index in [0.29, 0.717) is 0 Å². The van der Waals surface area contributed by atoms with Crippen molar-refractivity contribution in [3.63, 3.8) is 0 Å². The van der Waals surface area contributed by atoms with Gasteiger partial charge in [-0.2, -0.15) is 0 Å². The van der Waals surface area contributed by atoms with Crippen molar-refractivity contribution in [2.75, 3.05) is 0 Å². The zero-order valence-corrected chi connectivity index (χ0v) is 17.7. The van der Waals surface area contributed by atoms with Gasteiger partial charge in [0.25, 0.3) is 0 Å². The summed E-state index contributed by atoms with van der Waals surface area (Å²) in [5.74, 6) is 0. The molecule has 2 aromatic carbocycles. The van der Waals surface area contributed by atoms with Gasteiger partial charge in [-0.15, -0.1) is 0 Å². The molecule has 27 heavy (non-hydrogen) atoms. The molecular formula is C26H37N. The minimum absolute atomic E-state index is 1.14. The number of hydrogen-bond acceptors (Lipinski definition) is 0. The van der Waals surface area contributed by atoms with Gasteiger partial charge in [-0.1, -0.05) is 89.0 Å². The molecule has 0 aliphatic carbocycles. The van der Waals surface area contributed by atoms with Crippen LogP contribution in [0.1, 0.15) is 82.3 Å². The Kier molecular flexibility index (Phi) is 7.38. The Hall–Kier alpha value is -1.76. The second kappa shape index (κ2) is 9.97. The maximum atomic E-state index is 2.56. The van der Waals surface area contributed by atoms with Crippen LogP contribution in [0.2, 0.25) is 0 Å². The predicted molar refractivity (Wildman–Crippen MR) is 121 cm³/mol. The van der Waals surface area contributed by atoms with E-state index in [1.807, 2.05) is 0 Å². The summed E-state index contributed by atoms with van der Waals surface area (Å²) >= 11 is 0. The van der Waals surface area contributed by atoms with Gasteiger partial charge in [-0.25, -0.2) is 0 Å². The van der Waals surface area contributed by atoms with Crippen molar-refractivity contribution in [3.05, 3.63) is 47.5 Å². The molecule has 1 nitrogen and oxygen atoms in total. The summed E-state index contributed by atoms with van der Waals surface area (Å²) in [6.07, 6.45) is 13.9. The highest BCUT2D eigenvalue weighted by Crippen LogP contribution is 2.31. The van der Waals surface area contributed by atoms with Crippen LogP contribution in [0.15, 0.2) is 36.4 Å². The predicted octanol–water partition coefficient (Wildman–Crippen LogP) is 8.33. The molecule has 1 heterocycles. The fourth-order valence-corrected chi connectivity index (χ4v) is 4.31. The third-order valence-electron chi connectivity index (χ3n) is 5.91. The Morgan fingerprint density at radius 2 is 1.04 bits per heavy atom. The van der Waals surface area contributed by atoms with E-state index in [2.05, 4.69) is 61.7 Å². The molecule has 1 aromatic heterocycles. The summed E-state index contributed by atoms with van der Waals surface area (Å²) < 4.78 is 2.56. The summed E-state index contributed by atoms with van der Waals surface area (Å²) in [5.41, 5.74) is 5.52. The SMILES string of the molecule is CCCCCCCCCCCCn1c2cc(C)ccc2c2ccc(C)cc21. The van der Waals surface area contributed by atoms with Gasteiger partial charge in [0.05, 0.1) is 0 Å². The van der Waals surface area contributed by atoms with E-state index in [9.17, 15) is 0 Å². The zero-order valence-electron chi connectivity index (χ0n) is 17.7. The molecule has 0 fully saturated rings. The van der Waals surface area contributed by atoms with E-state index in [4.69, 9.17) is 0 Å². The summed E-state index contributed by atoms with van der Waals surface area (Å²) in [4.78, 5) is 0. The van der Waals surface area contributed by atoms with Crippen LogP contribution in [0.4, 0.5) is 0 Å². The largest absolute Gasteiger partial charge is 0.340 e. The van der Waals surface area contributed by atoms with E-state index in [-0.39, 0.29) is 0 Å². The minimum atomic E-state index is 1.14. The monoisotopic (exact) mass is 363 g/mol. The van der Waals surface area contributed by atoms with E-state index in [0.717, 1.165) is 6.54 Å². The van der Waals surface area contributed by atoms with Gasteiger partial charge in [0.2, 0.25) is 0 Å². The van der Waals surface area contributed by atoms with Gasteiger partial charge in [0.1, 0.15) is 0 Å². The van der Waals surface area contributed by atoms with Crippen molar-refractivity contribution in [1.29, 1.82) is 0 Å². The molecule has 0 saturated heterocycles. The topological polar surface area (TPSA) is 4.93 Å². The molecule has 0 atom stereocenters. The molecule has 0 unspecified atom stereocenters. The van der Waals surface area contributed by atoms with Crippen molar-refractivity contribution >= 4 is 21.8 Å². The van der Waals surface area contributed by atoms with E-state index in [1.165, 1.54) is 97.1 Å².